The summed E-state index contributed by atoms with van der Waals surface area (Å²) in [5, 5.41) is 14.1. The fraction of sp³-hybridized carbons (Fsp3) is 0.769. The maximum absolute atomic E-state index is 12.1. The van der Waals surface area contributed by atoms with Gasteiger partial charge < -0.3 is 20.6 Å². The molecule has 20 heavy (non-hydrogen) atoms. The Kier molecular flexibility index (Phi) is 4.62. The molecule has 1 fully saturated rings. The quantitative estimate of drug-likeness (QED) is 0.696. The van der Waals surface area contributed by atoms with Crippen LogP contribution in [0, 0.1) is 5.41 Å². The van der Waals surface area contributed by atoms with Gasteiger partial charge in [-0.3, -0.25) is 9.59 Å². The lowest BCUT2D eigenvalue weighted by molar-refractivity contribution is -0.138. The SMILES string of the molecule is CNC(=O)C1(C)CCN(C(=O)NC(C)(C)CC(=O)O)C1. The predicted molar refractivity (Wildman–Crippen MR) is 73.2 cm³/mol. The minimum Gasteiger partial charge on any atom is -0.481 e. The van der Waals surface area contributed by atoms with Crippen LogP contribution in [-0.4, -0.2) is 53.6 Å². The number of hydrogen-bond acceptors (Lipinski definition) is 3. The van der Waals surface area contributed by atoms with E-state index in [9.17, 15) is 14.4 Å². The third-order valence-corrected chi connectivity index (χ3v) is 3.57. The molecule has 1 rings (SSSR count). The summed E-state index contributed by atoms with van der Waals surface area (Å²) in [5.74, 6) is -1.05. The number of nitrogens with zero attached hydrogens (tertiary/aromatic N) is 1. The third-order valence-electron chi connectivity index (χ3n) is 3.57. The Balaban J connectivity index is 2.63. The Bertz CT molecular complexity index is 422. The van der Waals surface area contributed by atoms with Gasteiger partial charge in [0.25, 0.3) is 0 Å². The zero-order valence-electron chi connectivity index (χ0n) is 12.4. The normalized spacial score (nSPS) is 22.5. The van der Waals surface area contributed by atoms with Crippen molar-refractivity contribution in [3.05, 3.63) is 0 Å². The molecule has 0 radical (unpaired) electrons. The van der Waals surface area contributed by atoms with Crippen LogP contribution >= 0.6 is 0 Å². The summed E-state index contributed by atoms with van der Waals surface area (Å²) in [5.41, 5.74) is -1.40. The fourth-order valence-electron chi connectivity index (χ4n) is 2.41. The summed E-state index contributed by atoms with van der Waals surface area (Å²) in [6.45, 7) is 5.96. The minimum atomic E-state index is -0.966. The number of likely N-dealkylation sites (tertiary alicyclic amines) is 1. The van der Waals surface area contributed by atoms with E-state index in [0.29, 0.717) is 19.5 Å². The number of carboxylic acid groups (broad SMARTS) is 1. The molecule has 0 aromatic carbocycles. The van der Waals surface area contributed by atoms with Gasteiger partial charge in [-0.1, -0.05) is 0 Å². The van der Waals surface area contributed by atoms with Crippen molar-refractivity contribution in [3.63, 3.8) is 0 Å². The summed E-state index contributed by atoms with van der Waals surface area (Å²) in [6, 6.07) is -0.330. The van der Waals surface area contributed by atoms with Crippen LogP contribution in [-0.2, 0) is 9.59 Å². The first-order chi connectivity index (χ1) is 9.09. The molecule has 3 amide bonds. The van der Waals surface area contributed by atoms with Gasteiger partial charge in [-0.15, -0.1) is 0 Å². The molecule has 114 valence electrons. The number of nitrogens with one attached hydrogen (secondary N) is 2. The van der Waals surface area contributed by atoms with Crippen molar-refractivity contribution in [1.29, 1.82) is 0 Å². The summed E-state index contributed by atoms with van der Waals surface area (Å²) >= 11 is 0. The van der Waals surface area contributed by atoms with E-state index in [2.05, 4.69) is 10.6 Å². The van der Waals surface area contributed by atoms with Crippen LogP contribution < -0.4 is 10.6 Å². The van der Waals surface area contributed by atoms with Crippen LogP contribution in [0.4, 0.5) is 4.79 Å². The van der Waals surface area contributed by atoms with Crippen molar-refractivity contribution < 1.29 is 19.5 Å². The fourth-order valence-corrected chi connectivity index (χ4v) is 2.41. The van der Waals surface area contributed by atoms with E-state index in [0.717, 1.165) is 0 Å². The van der Waals surface area contributed by atoms with Crippen molar-refractivity contribution >= 4 is 17.9 Å². The molecule has 7 nitrogen and oxygen atoms in total. The molecule has 0 aromatic rings. The van der Waals surface area contributed by atoms with Gasteiger partial charge in [0.15, 0.2) is 0 Å². The van der Waals surface area contributed by atoms with Crippen LogP contribution in [0.1, 0.15) is 33.6 Å². The average molecular weight is 285 g/mol. The number of carboxylic acids is 1. The Morgan fingerprint density at radius 1 is 1.35 bits per heavy atom. The first-order valence-electron chi connectivity index (χ1n) is 6.61. The number of carbonyl (C=O) groups is 3. The highest BCUT2D eigenvalue weighted by atomic mass is 16.4. The number of aliphatic carboxylic acids is 1. The molecule has 0 aliphatic carbocycles. The molecular weight excluding hydrogens is 262 g/mol. The van der Waals surface area contributed by atoms with Gasteiger partial charge in [0, 0.05) is 25.7 Å². The van der Waals surface area contributed by atoms with Crippen LogP contribution in [0.15, 0.2) is 0 Å². The summed E-state index contributed by atoms with van der Waals surface area (Å²) in [4.78, 5) is 36.2. The highest BCUT2D eigenvalue weighted by Gasteiger charge is 2.42. The summed E-state index contributed by atoms with van der Waals surface area (Å²) < 4.78 is 0. The Labute approximate surface area is 118 Å². The molecule has 0 bridgehead atoms. The first-order valence-corrected chi connectivity index (χ1v) is 6.61. The Morgan fingerprint density at radius 2 is 1.95 bits per heavy atom. The van der Waals surface area contributed by atoms with Crippen molar-refractivity contribution in [3.8, 4) is 0 Å². The van der Waals surface area contributed by atoms with Crippen molar-refractivity contribution in [1.82, 2.24) is 15.5 Å². The van der Waals surface area contributed by atoms with E-state index < -0.39 is 16.9 Å². The lowest BCUT2D eigenvalue weighted by Crippen LogP contribution is -2.51. The topological polar surface area (TPSA) is 98.7 Å². The van der Waals surface area contributed by atoms with Crippen LogP contribution in [0.3, 0.4) is 0 Å². The minimum absolute atomic E-state index is 0.0856. The van der Waals surface area contributed by atoms with Crippen molar-refractivity contribution in [2.45, 2.75) is 39.2 Å². The second kappa shape index (κ2) is 5.68. The number of urea groups is 1. The molecule has 0 saturated carbocycles. The molecule has 3 N–H and O–H groups in total. The maximum Gasteiger partial charge on any atom is 0.317 e. The van der Waals surface area contributed by atoms with Gasteiger partial charge in [0.2, 0.25) is 5.91 Å². The van der Waals surface area contributed by atoms with Crippen LogP contribution in [0.2, 0.25) is 0 Å². The highest BCUT2D eigenvalue weighted by molar-refractivity contribution is 5.84. The van der Waals surface area contributed by atoms with Crippen LogP contribution in [0.5, 0.6) is 0 Å². The average Bonchev–Trinajstić information content (AvgIpc) is 2.69. The number of amides is 3. The largest absolute Gasteiger partial charge is 0.481 e. The molecule has 1 aliphatic heterocycles. The second-order valence-electron chi connectivity index (χ2n) is 6.20. The third kappa shape index (κ3) is 3.85. The molecule has 1 heterocycles. The maximum atomic E-state index is 12.1. The molecule has 1 atom stereocenters. The van der Waals surface area contributed by atoms with Crippen molar-refractivity contribution in [2.24, 2.45) is 5.41 Å². The van der Waals surface area contributed by atoms with E-state index in [1.165, 1.54) is 0 Å². The van der Waals surface area contributed by atoms with Gasteiger partial charge >= 0.3 is 12.0 Å². The van der Waals surface area contributed by atoms with Gasteiger partial charge in [0.1, 0.15) is 0 Å². The highest BCUT2D eigenvalue weighted by Crippen LogP contribution is 2.30. The van der Waals surface area contributed by atoms with E-state index in [-0.39, 0.29) is 18.4 Å². The Morgan fingerprint density at radius 3 is 2.45 bits per heavy atom. The smallest absolute Gasteiger partial charge is 0.317 e. The van der Waals surface area contributed by atoms with Gasteiger partial charge in [-0.05, 0) is 27.2 Å². The molecule has 0 spiro atoms. The molecular formula is C13H23N3O4. The lowest BCUT2D eigenvalue weighted by atomic mass is 9.89. The number of rotatable bonds is 4. The van der Waals surface area contributed by atoms with Crippen LogP contribution in [0.25, 0.3) is 0 Å². The summed E-state index contributed by atoms with van der Waals surface area (Å²) in [6.07, 6.45) is 0.443. The van der Waals surface area contributed by atoms with Gasteiger partial charge in [0.05, 0.1) is 11.8 Å². The molecule has 7 heteroatoms. The molecule has 1 saturated heterocycles. The van der Waals surface area contributed by atoms with E-state index in [1.807, 2.05) is 6.92 Å². The van der Waals surface area contributed by atoms with E-state index >= 15 is 0 Å². The monoisotopic (exact) mass is 285 g/mol. The number of carbonyl (C=O) groups excluding carboxylic acids is 2. The Hall–Kier alpha value is -1.79. The van der Waals surface area contributed by atoms with E-state index in [4.69, 9.17) is 5.11 Å². The van der Waals surface area contributed by atoms with E-state index in [1.54, 1.807) is 25.8 Å². The van der Waals surface area contributed by atoms with Gasteiger partial charge in [-0.2, -0.15) is 0 Å². The standard InChI is InChI=1S/C13H23N3O4/c1-12(2,7-9(17)18)15-11(20)16-6-5-13(3,8-16)10(19)14-4/h5-8H2,1-4H3,(H,14,19)(H,15,20)(H,17,18). The van der Waals surface area contributed by atoms with Crippen molar-refractivity contribution in [2.75, 3.05) is 20.1 Å². The zero-order chi connectivity index (χ0) is 15.6. The number of hydrogen-bond donors (Lipinski definition) is 3. The predicted octanol–water partition coefficient (Wildman–Crippen LogP) is 0.407. The second-order valence-corrected chi connectivity index (χ2v) is 6.20. The summed E-state index contributed by atoms with van der Waals surface area (Å²) in [7, 11) is 1.58. The molecule has 1 aliphatic rings. The van der Waals surface area contributed by atoms with Gasteiger partial charge in [-0.25, -0.2) is 4.79 Å². The molecule has 0 aromatic heterocycles. The zero-order valence-corrected chi connectivity index (χ0v) is 12.4. The first kappa shape index (κ1) is 16.3. The lowest BCUT2D eigenvalue weighted by Gasteiger charge is -2.29. The molecule has 1 unspecified atom stereocenters.